The fraction of sp³-hybridized carbons (Fsp3) is 0.250. The summed E-state index contributed by atoms with van der Waals surface area (Å²) >= 11 is 0. The highest BCUT2D eigenvalue weighted by atomic mass is 16.3. The van der Waals surface area contributed by atoms with Crippen LogP contribution in [-0.4, -0.2) is 16.8 Å². The number of fused-ring (bicyclic) bond motifs is 5. The van der Waals surface area contributed by atoms with Crippen molar-refractivity contribution in [3.05, 3.63) is 192 Å². The smallest absolute Gasteiger partial charge is 0.116 e. The van der Waals surface area contributed by atoms with Gasteiger partial charge in [0.25, 0.3) is 0 Å². The van der Waals surface area contributed by atoms with E-state index in [1.165, 1.54) is 105 Å². The zero-order valence-corrected chi connectivity index (χ0v) is 40.2. The summed E-state index contributed by atoms with van der Waals surface area (Å²) in [6.45, 7) is 9.96. The second kappa shape index (κ2) is 19.3. The number of allylic oxidation sites excluding steroid dienone is 1. The Bertz CT molecular complexity index is 3130. The molecule has 1 atom stereocenters. The molecule has 4 heteroatoms. The van der Waals surface area contributed by atoms with E-state index < -0.39 is 0 Å². The van der Waals surface area contributed by atoms with Crippen molar-refractivity contribution in [3.8, 4) is 44.9 Å². The average molecular weight is 893 g/mol. The minimum absolute atomic E-state index is 0.0621. The van der Waals surface area contributed by atoms with Gasteiger partial charge in [-0.25, -0.2) is 0 Å². The summed E-state index contributed by atoms with van der Waals surface area (Å²) in [6, 6.07) is 56.5. The number of aryl methyl sites for hydroxylation is 1. The fourth-order valence-electron chi connectivity index (χ4n) is 11.5. The molecule has 68 heavy (non-hydrogen) atoms. The summed E-state index contributed by atoms with van der Waals surface area (Å²) < 4.78 is 0. The van der Waals surface area contributed by atoms with E-state index in [0.29, 0.717) is 0 Å². The van der Waals surface area contributed by atoms with Gasteiger partial charge in [-0.1, -0.05) is 167 Å². The predicted octanol–water partition coefficient (Wildman–Crippen LogP) is 17.9. The predicted molar refractivity (Wildman–Crippen MR) is 289 cm³/mol. The number of unbranched alkanes of at least 4 members (excludes halogenated alkanes) is 4. The SMILES string of the molecule is CCCCCCC1(CCCC)c2cc(C)ccc2-c2ccc(N(c3ccc(-c4cccc(O)c4)cc3)c3c4c(c(N(CC)c5ccc(-c6cccc(O)c6)cc5)c5ccccc35)C=CCC4)cc21. The van der Waals surface area contributed by atoms with Crippen molar-refractivity contribution in [1.29, 1.82) is 0 Å². The molecule has 0 aliphatic heterocycles. The van der Waals surface area contributed by atoms with Gasteiger partial charge in [-0.15, -0.1) is 0 Å². The maximum atomic E-state index is 10.5. The third-order valence-corrected chi connectivity index (χ3v) is 14.8. The molecule has 8 aromatic rings. The molecule has 2 N–H and O–H groups in total. The lowest BCUT2D eigenvalue weighted by Gasteiger charge is -2.36. The van der Waals surface area contributed by atoms with Crippen LogP contribution in [0.4, 0.5) is 28.4 Å². The first kappa shape index (κ1) is 44.8. The van der Waals surface area contributed by atoms with Crippen molar-refractivity contribution >= 4 is 45.3 Å². The second-order valence-corrected chi connectivity index (χ2v) is 19.1. The Kier molecular flexibility index (Phi) is 12.7. The number of anilines is 5. The molecule has 1 unspecified atom stereocenters. The third kappa shape index (κ3) is 8.25. The van der Waals surface area contributed by atoms with E-state index in [1.54, 1.807) is 12.1 Å². The molecule has 0 fully saturated rings. The van der Waals surface area contributed by atoms with Crippen LogP contribution in [0.25, 0.3) is 50.2 Å². The van der Waals surface area contributed by atoms with E-state index in [9.17, 15) is 10.2 Å². The summed E-state index contributed by atoms with van der Waals surface area (Å²) in [7, 11) is 0. The van der Waals surface area contributed by atoms with Gasteiger partial charge in [-0.2, -0.15) is 0 Å². The quantitative estimate of drug-likeness (QED) is 0.0749. The molecule has 10 rings (SSSR count). The van der Waals surface area contributed by atoms with Gasteiger partial charge in [0.05, 0.1) is 11.4 Å². The first-order valence-electron chi connectivity index (χ1n) is 25.2. The maximum absolute atomic E-state index is 10.5. The largest absolute Gasteiger partial charge is 0.508 e. The van der Waals surface area contributed by atoms with Gasteiger partial charge in [-0.3, -0.25) is 0 Å². The summed E-state index contributed by atoms with van der Waals surface area (Å²) in [4.78, 5) is 5.06. The Morgan fingerprint density at radius 2 is 1.10 bits per heavy atom. The van der Waals surface area contributed by atoms with Gasteiger partial charge >= 0.3 is 0 Å². The van der Waals surface area contributed by atoms with Crippen molar-refractivity contribution in [2.24, 2.45) is 0 Å². The second-order valence-electron chi connectivity index (χ2n) is 19.1. The van der Waals surface area contributed by atoms with Crippen molar-refractivity contribution < 1.29 is 10.2 Å². The van der Waals surface area contributed by atoms with Crippen molar-refractivity contribution in [2.75, 3.05) is 16.3 Å². The van der Waals surface area contributed by atoms with E-state index in [1.807, 2.05) is 30.3 Å². The summed E-state index contributed by atoms with van der Waals surface area (Å²) in [5.41, 5.74) is 19.7. The number of hydrogen-bond acceptors (Lipinski definition) is 4. The molecule has 8 aromatic carbocycles. The zero-order valence-electron chi connectivity index (χ0n) is 40.2. The highest BCUT2D eigenvalue weighted by molar-refractivity contribution is 6.11. The first-order valence-corrected chi connectivity index (χ1v) is 25.2. The van der Waals surface area contributed by atoms with E-state index >= 15 is 0 Å². The summed E-state index contributed by atoms with van der Waals surface area (Å²) in [6.07, 6.45) is 16.2. The van der Waals surface area contributed by atoms with Gasteiger partial charge < -0.3 is 20.0 Å². The van der Waals surface area contributed by atoms with Crippen LogP contribution >= 0.6 is 0 Å². The molecule has 0 aromatic heterocycles. The molecule has 0 amide bonds. The molecule has 0 spiro atoms. The lowest BCUT2D eigenvalue weighted by molar-refractivity contribution is 0.407. The standard InChI is InChI=1S/C64H64N2O2/c1-5-8-10-15-39-64(38-9-6-2)60-40-44(4)26-36-54(60)55-37-35-51(43-61(55)64)66(50-33-29-46(30-34-50)48-19-17-21-53(68)42-48)63-58-24-13-11-22-56(58)62(57-23-12-14-25-59(57)63)65(7-3)49-31-27-45(28-32-49)47-18-16-20-52(67)41-47/h11-13,16-24,26-37,40-43,67-68H,5-10,14-15,25,38-39H2,1-4H3. The highest BCUT2D eigenvalue weighted by Gasteiger charge is 2.43. The van der Waals surface area contributed by atoms with Crippen LogP contribution in [0, 0.1) is 6.92 Å². The molecule has 2 aliphatic rings. The third-order valence-electron chi connectivity index (χ3n) is 14.8. The minimum atomic E-state index is -0.0621. The van der Waals surface area contributed by atoms with Crippen LogP contribution in [-0.2, 0) is 11.8 Å². The fourth-order valence-corrected chi connectivity index (χ4v) is 11.5. The Morgan fingerprint density at radius 1 is 0.515 bits per heavy atom. The molecule has 2 aliphatic carbocycles. The Morgan fingerprint density at radius 3 is 1.74 bits per heavy atom. The summed E-state index contributed by atoms with van der Waals surface area (Å²) in [5, 5.41) is 23.1. The number of nitrogens with zero attached hydrogens (tertiary/aromatic N) is 2. The van der Waals surface area contributed by atoms with Crippen LogP contribution in [0.15, 0.2) is 164 Å². The number of rotatable bonds is 16. The van der Waals surface area contributed by atoms with E-state index in [-0.39, 0.29) is 16.9 Å². The van der Waals surface area contributed by atoms with Gasteiger partial charge in [-0.05, 0) is 150 Å². The minimum Gasteiger partial charge on any atom is -0.508 e. The molecule has 0 radical (unpaired) electrons. The first-order chi connectivity index (χ1) is 33.3. The molecular weight excluding hydrogens is 829 g/mol. The van der Waals surface area contributed by atoms with E-state index in [4.69, 9.17) is 0 Å². The van der Waals surface area contributed by atoms with E-state index in [2.05, 4.69) is 165 Å². The monoisotopic (exact) mass is 892 g/mol. The van der Waals surface area contributed by atoms with Crippen molar-refractivity contribution in [1.82, 2.24) is 0 Å². The van der Waals surface area contributed by atoms with Crippen molar-refractivity contribution in [2.45, 2.75) is 97.3 Å². The number of aromatic hydroxyl groups is 2. The highest BCUT2D eigenvalue weighted by Crippen LogP contribution is 2.57. The number of phenols is 2. The number of phenolic OH excluding ortho intramolecular Hbond substituents is 2. The lowest BCUT2D eigenvalue weighted by atomic mass is 9.70. The van der Waals surface area contributed by atoms with Gasteiger partial charge in [0.1, 0.15) is 11.5 Å². The normalized spacial score (nSPS) is 14.7. The molecule has 0 saturated heterocycles. The van der Waals surface area contributed by atoms with E-state index in [0.717, 1.165) is 65.9 Å². The maximum Gasteiger partial charge on any atom is 0.116 e. The topological polar surface area (TPSA) is 46.9 Å². The van der Waals surface area contributed by atoms with Crippen LogP contribution in [0.3, 0.4) is 0 Å². The Balaban J connectivity index is 1.19. The average Bonchev–Trinajstić information content (AvgIpc) is 3.63. The van der Waals surface area contributed by atoms with Crippen LogP contribution in [0.5, 0.6) is 11.5 Å². The van der Waals surface area contributed by atoms with Gasteiger partial charge in [0.15, 0.2) is 0 Å². The molecule has 0 heterocycles. The molecular formula is C64H64N2O2. The molecule has 0 bridgehead atoms. The zero-order chi connectivity index (χ0) is 46.8. The molecule has 4 nitrogen and oxygen atoms in total. The number of hydrogen-bond donors (Lipinski definition) is 2. The van der Waals surface area contributed by atoms with Crippen LogP contribution < -0.4 is 9.80 Å². The summed E-state index contributed by atoms with van der Waals surface area (Å²) in [5.74, 6) is 0.537. The molecule has 342 valence electrons. The molecule has 0 saturated carbocycles. The Hall–Kier alpha value is -7.04. The van der Waals surface area contributed by atoms with Gasteiger partial charge in [0, 0.05) is 45.4 Å². The van der Waals surface area contributed by atoms with Gasteiger partial charge in [0.2, 0.25) is 0 Å². The Labute approximate surface area is 403 Å². The number of benzene rings is 8. The van der Waals surface area contributed by atoms with Crippen LogP contribution in [0.1, 0.15) is 106 Å². The lowest BCUT2D eigenvalue weighted by Crippen LogP contribution is -2.26. The van der Waals surface area contributed by atoms with Crippen LogP contribution in [0.2, 0.25) is 0 Å². The van der Waals surface area contributed by atoms with Crippen molar-refractivity contribution in [3.63, 3.8) is 0 Å².